The zero-order valence-electron chi connectivity index (χ0n) is 15.3. The summed E-state index contributed by atoms with van der Waals surface area (Å²) in [5.74, 6) is 6.90. The molecule has 1 fully saturated rings. The maximum absolute atomic E-state index is 11.4. The number of hydrogen-bond donors (Lipinski definition) is 1. The third kappa shape index (κ3) is 5.24. The molecular formula is C21H32ClNO. The van der Waals surface area contributed by atoms with Gasteiger partial charge in [-0.25, -0.2) is 0 Å². The molecule has 1 aliphatic carbocycles. The molecule has 1 unspecified atom stereocenters. The van der Waals surface area contributed by atoms with Gasteiger partial charge in [0, 0.05) is 12.5 Å². The van der Waals surface area contributed by atoms with Gasteiger partial charge < -0.3 is 5.11 Å². The fraction of sp³-hybridized carbons (Fsp3) is 0.619. The van der Waals surface area contributed by atoms with Crippen LogP contribution >= 0.6 is 12.4 Å². The van der Waals surface area contributed by atoms with E-state index in [1.807, 2.05) is 30.3 Å². The lowest BCUT2D eigenvalue weighted by Gasteiger charge is -2.33. The van der Waals surface area contributed by atoms with Gasteiger partial charge in [-0.1, -0.05) is 61.9 Å². The predicted octanol–water partition coefficient (Wildman–Crippen LogP) is 4.61. The summed E-state index contributed by atoms with van der Waals surface area (Å²) in [6.07, 6.45) is 5.21. The van der Waals surface area contributed by atoms with Gasteiger partial charge in [-0.15, -0.1) is 12.4 Å². The minimum absolute atomic E-state index is 0. The second kappa shape index (κ2) is 10.1. The molecule has 1 N–H and O–H groups in total. The van der Waals surface area contributed by atoms with E-state index >= 15 is 0 Å². The molecule has 0 radical (unpaired) electrons. The molecule has 0 aliphatic heterocycles. The van der Waals surface area contributed by atoms with Gasteiger partial charge in [-0.2, -0.15) is 0 Å². The molecule has 0 spiro atoms. The number of halogens is 1. The molecule has 134 valence electrons. The van der Waals surface area contributed by atoms with Gasteiger partial charge in [0.25, 0.3) is 0 Å². The van der Waals surface area contributed by atoms with E-state index in [2.05, 4.69) is 37.5 Å². The highest BCUT2D eigenvalue weighted by atomic mass is 35.5. The van der Waals surface area contributed by atoms with Crippen LogP contribution in [0.15, 0.2) is 30.3 Å². The average molecular weight is 350 g/mol. The van der Waals surface area contributed by atoms with E-state index in [0.717, 1.165) is 31.5 Å². The largest absolute Gasteiger partial charge is 0.384 e. The topological polar surface area (TPSA) is 23.5 Å². The predicted molar refractivity (Wildman–Crippen MR) is 104 cm³/mol. The van der Waals surface area contributed by atoms with Crippen LogP contribution in [0.5, 0.6) is 0 Å². The van der Waals surface area contributed by atoms with Crippen molar-refractivity contribution in [2.24, 2.45) is 5.92 Å². The molecular weight excluding hydrogens is 318 g/mol. The molecule has 1 atom stereocenters. The molecule has 2 nitrogen and oxygen atoms in total. The van der Waals surface area contributed by atoms with E-state index in [0.29, 0.717) is 18.4 Å². The molecule has 1 aromatic carbocycles. The second-order valence-electron chi connectivity index (χ2n) is 6.96. The monoisotopic (exact) mass is 349 g/mol. The van der Waals surface area contributed by atoms with Crippen molar-refractivity contribution < 1.29 is 5.11 Å². The highest BCUT2D eigenvalue weighted by molar-refractivity contribution is 5.85. The molecule has 2 rings (SSSR count). The molecule has 1 aliphatic rings. The Morgan fingerprint density at radius 1 is 1.17 bits per heavy atom. The Balaban J connectivity index is 0.00000288. The first kappa shape index (κ1) is 21.0. The third-order valence-corrected chi connectivity index (χ3v) is 5.21. The average Bonchev–Trinajstić information content (AvgIpc) is 3.10. The molecule has 0 bridgehead atoms. The molecule has 3 heteroatoms. The Hall–Kier alpha value is -1.01. The van der Waals surface area contributed by atoms with Crippen LogP contribution in [0.4, 0.5) is 0 Å². The van der Waals surface area contributed by atoms with Crippen LogP contribution in [0.25, 0.3) is 0 Å². The van der Waals surface area contributed by atoms with Crippen molar-refractivity contribution in [3.63, 3.8) is 0 Å². The van der Waals surface area contributed by atoms with Gasteiger partial charge in [-0.05, 0) is 44.7 Å². The zero-order valence-corrected chi connectivity index (χ0v) is 16.1. The number of benzene rings is 1. The number of rotatable bonds is 6. The summed E-state index contributed by atoms with van der Waals surface area (Å²) in [7, 11) is 0. The molecule has 0 saturated heterocycles. The smallest absolute Gasteiger partial charge is 0.103 e. The minimum Gasteiger partial charge on any atom is -0.384 e. The highest BCUT2D eigenvalue weighted by Gasteiger charge is 2.39. The van der Waals surface area contributed by atoms with E-state index in [4.69, 9.17) is 0 Å². The summed E-state index contributed by atoms with van der Waals surface area (Å²) in [5.41, 5.74) is 0.233. The van der Waals surface area contributed by atoms with Gasteiger partial charge in [0.15, 0.2) is 0 Å². The molecule has 0 amide bonds. The van der Waals surface area contributed by atoms with E-state index in [1.165, 1.54) is 12.8 Å². The third-order valence-electron chi connectivity index (χ3n) is 5.21. The van der Waals surface area contributed by atoms with Crippen molar-refractivity contribution >= 4 is 12.4 Å². The lowest BCUT2D eigenvalue weighted by atomic mass is 9.78. The van der Waals surface area contributed by atoms with Crippen LogP contribution in [0, 0.1) is 17.8 Å². The van der Waals surface area contributed by atoms with E-state index in [9.17, 15) is 5.11 Å². The first-order valence-corrected chi connectivity index (χ1v) is 9.05. The van der Waals surface area contributed by atoms with Crippen LogP contribution in [0.2, 0.25) is 0 Å². The van der Waals surface area contributed by atoms with Crippen LogP contribution in [-0.4, -0.2) is 29.1 Å². The number of nitrogens with zero attached hydrogens (tertiary/aromatic N) is 1. The SMILES string of the molecule is CCN(CC#CCC(O)(c1ccccc1)C1CCCC1)C(C)C.Cl. The van der Waals surface area contributed by atoms with Crippen molar-refractivity contribution in [2.45, 2.75) is 64.5 Å². The van der Waals surface area contributed by atoms with Gasteiger partial charge in [0.2, 0.25) is 0 Å². The Morgan fingerprint density at radius 2 is 1.79 bits per heavy atom. The normalized spacial score (nSPS) is 17.2. The van der Waals surface area contributed by atoms with Crippen molar-refractivity contribution in [2.75, 3.05) is 13.1 Å². The van der Waals surface area contributed by atoms with Gasteiger partial charge in [0.1, 0.15) is 5.60 Å². The second-order valence-corrected chi connectivity index (χ2v) is 6.96. The van der Waals surface area contributed by atoms with Crippen LogP contribution < -0.4 is 0 Å². The maximum atomic E-state index is 11.4. The minimum atomic E-state index is -0.792. The fourth-order valence-corrected chi connectivity index (χ4v) is 3.63. The zero-order chi connectivity index (χ0) is 16.7. The standard InChI is InChI=1S/C21H31NO.ClH/c1-4-22(18(2)3)17-11-10-16-21(23,20-14-8-9-15-20)19-12-6-5-7-13-19;/h5-7,12-13,18,20,23H,4,8-9,14-17H2,1-3H3;1H. The van der Waals surface area contributed by atoms with Crippen molar-refractivity contribution in [1.82, 2.24) is 4.90 Å². The lowest BCUT2D eigenvalue weighted by Crippen LogP contribution is -2.33. The summed E-state index contributed by atoms with van der Waals surface area (Å²) in [6, 6.07) is 10.6. The Labute approximate surface area is 154 Å². The van der Waals surface area contributed by atoms with Crippen molar-refractivity contribution in [3.05, 3.63) is 35.9 Å². The van der Waals surface area contributed by atoms with Crippen molar-refractivity contribution in [3.8, 4) is 11.8 Å². The summed E-state index contributed by atoms with van der Waals surface area (Å²) in [4.78, 5) is 2.34. The van der Waals surface area contributed by atoms with Crippen molar-refractivity contribution in [1.29, 1.82) is 0 Å². The lowest BCUT2D eigenvalue weighted by molar-refractivity contribution is -0.0173. The first-order chi connectivity index (χ1) is 11.1. The maximum Gasteiger partial charge on any atom is 0.103 e. The van der Waals surface area contributed by atoms with E-state index in [1.54, 1.807) is 0 Å². The van der Waals surface area contributed by atoms with E-state index in [-0.39, 0.29) is 12.4 Å². The Morgan fingerprint density at radius 3 is 2.33 bits per heavy atom. The molecule has 1 aromatic rings. The molecule has 24 heavy (non-hydrogen) atoms. The van der Waals surface area contributed by atoms with Gasteiger partial charge in [0.05, 0.1) is 6.54 Å². The summed E-state index contributed by atoms with van der Waals surface area (Å²) in [5, 5.41) is 11.4. The van der Waals surface area contributed by atoms with Crippen LogP contribution in [0.3, 0.4) is 0 Å². The highest BCUT2D eigenvalue weighted by Crippen LogP contribution is 2.42. The quantitative estimate of drug-likeness (QED) is 0.758. The number of hydrogen-bond acceptors (Lipinski definition) is 2. The Kier molecular flexibility index (Phi) is 8.84. The Bertz CT molecular complexity index is 528. The fourth-order valence-electron chi connectivity index (χ4n) is 3.63. The van der Waals surface area contributed by atoms with Gasteiger partial charge in [-0.3, -0.25) is 4.90 Å². The van der Waals surface area contributed by atoms with E-state index < -0.39 is 5.60 Å². The molecule has 0 aromatic heterocycles. The summed E-state index contributed by atoms with van der Waals surface area (Å²) < 4.78 is 0. The summed E-state index contributed by atoms with van der Waals surface area (Å²) >= 11 is 0. The van der Waals surface area contributed by atoms with Gasteiger partial charge >= 0.3 is 0 Å². The number of aliphatic hydroxyl groups is 1. The van der Waals surface area contributed by atoms with Crippen LogP contribution in [0.1, 0.15) is 58.4 Å². The summed E-state index contributed by atoms with van der Waals surface area (Å²) in [6.45, 7) is 8.36. The molecule has 0 heterocycles. The first-order valence-electron chi connectivity index (χ1n) is 9.05. The molecule has 1 saturated carbocycles. The van der Waals surface area contributed by atoms with Crippen LogP contribution in [-0.2, 0) is 5.60 Å².